The molecular formula is C13H17ClN2O3. The van der Waals surface area contributed by atoms with Crippen LogP contribution in [0.2, 0.25) is 5.02 Å². The van der Waals surface area contributed by atoms with E-state index in [4.69, 9.17) is 22.4 Å². The molecule has 0 heterocycles. The number of anilines is 1. The summed E-state index contributed by atoms with van der Waals surface area (Å²) in [4.78, 5) is 22.8. The van der Waals surface area contributed by atoms with E-state index in [0.717, 1.165) is 6.42 Å². The van der Waals surface area contributed by atoms with Crippen molar-refractivity contribution in [1.29, 1.82) is 0 Å². The number of rotatable bonds is 6. The molecule has 1 amide bonds. The van der Waals surface area contributed by atoms with E-state index in [1.54, 1.807) is 13.0 Å². The van der Waals surface area contributed by atoms with Crippen LogP contribution in [0.3, 0.4) is 0 Å². The highest BCUT2D eigenvalue weighted by Crippen LogP contribution is 2.21. The quantitative estimate of drug-likeness (QED) is 0.747. The van der Waals surface area contributed by atoms with Crippen molar-refractivity contribution in [3.8, 4) is 0 Å². The third-order valence-electron chi connectivity index (χ3n) is 2.75. The molecule has 0 aliphatic carbocycles. The fraction of sp³-hybridized carbons (Fsp3) is 0.385. The number of amides is 1. The van der Waals surface area contributed by atoms with Crippen molar-refractivity contribution in [1.82, 2.24) is 0 Å². The second kappa shape index (κ2) is 7.11. The Bertz CT molecular complexity index is 477. The van der Waals surface area contributed by atoms with Crippen molar-refractivity contribution in [2.75, 3.05) is 11.9 Å². The predicted octanol–water partition coefficient (Wildman–Crippen LogP) is 2.35. The summed E-state index contributed by atoms with van der Waals surface area (Å²) in [5, 5.41) is 11.8. The minimum atomic E-state index is -1.13. The maximum atomic E-state index is 11.9. The lowest BCUT2D eigenvalue weighted by atomic mass is 10.0. The number of benzene rings is 1. The number of aromatic carboxylic acids is 1. The summed E-state index contributed by atoms with van der Waals surface area (Å²) in [6.45, 7) is 2.35. The number of hydrogen-bond donors (Lipinski definition) is 3. The molecule has 19 heavy (non-hydrogen) atoms. The first kappa shape index (κ1) is 15.5. The fourth-order valence-electron chi connectivity index (χ4n) is 1.59. The number of carboxylic acid groups (broad SMARTS) is 1. The molecule has 0 spiro atoms. The van der Waals surface area contributed by atoms with Crippen molar-refractivity contribution >= 4 is 29.2 Å². The summed E-state index contributed by atoms with van der Waals surface area (Å²) in [5.41, 5.74) is 5.78. The Balaban J connectivity index is 2.74. The van der Waals surface area contributed by atoms with Crippen LogP contribution in [0.25, 0.3) is 0 Å². The third-order valence-corrected chi connectivity index (χ3v) is 3.08. The monoisotopic (exact) mass is 284 g/mol. The number of carbonyl (C=O) groups is 2. The minimum absolute atomic E-state index is 0.0333. The Labute approximate surface area is 116 Å². The summed E-state index contributed by atoms with van der Waals surface area (Å²) < 4.78 is 0. The molecule has 0 saturated carbocycles. The summed E-state index contributed by atoms with van der Waals surface area (Å²) in [7, 11) is 0. The molecule has 1 aromatic carbocycles. The summed E-state index contributed by atoms with van der Waals surface area (Å²) in [6.07, 6.45) is 1.47. The van der Waals surface area contributed by atoms with Crippen LogP contribution in [0.4, 0.5) is 5.69 Å². The largest absolute Gasteiger partial charge is 0.478 e. The average molecular weight is 285 g/mol. The van der Waals surface area contributed by atoms with E-state index in [9.17, 15) is 9.59 Å². The van der Waals surface area contributed by atoms with Crippen molar-refractivity contribution in [2.45, 2.75) is 19.8 Å². The Hall–Kier alpha value is -1.59. The third kappa shape index (κ3) is 4.54. The molecule has 1 rings (SSSR count). The van der Waals surface area contributed by atoms with E-state index in [1.807, 2.05) is 0 Å². The predicted molar refractivity (Wildman–Crippen MR) is 74.5 cm³/mol. The Kier molecular flexibility index (Phi) is 5.79. The number of nitrogens with one attached hydrogen (secondary N) is 1. The number of carbonyl (C=O) groups excluding carboxylic acids is 1. The standard InChI is InChI=1S/C13H17ClN2O3/c1-8(3-2-6-15)12(17)16-9-4-5-11(14)10(7-9)13(18)19/h4-5,7-8H,2-3,6,15H2,1H3,(H,16,17)(H,18,19). The highest BCUT2D eigenvalue weighted by molar-refractivity contribution is 6.33. The summed E-state index contributed by atoms with van der Waals surface area (Å²) in [6, 6.07) is 4.37. The van der Waals surface area contributed by atoms with Crippen LogP contribution in [-0.2, 0) is 4.79 Å². The van der Waals surface area contributed by atoms with Gasteiger partial charge in [0.25, 0.3) is 0 Å². The van der Waals surface area contributed by atoms with Gasteiger partial charge in [-0.05, 0) is 37.6 Å². The molecule has 1 unspecified atom stereocenters. The average Bonchev–Trinajstić information content (AvgIpc) is 2.37. The van der Waals surface area contributed by atoms with Gasteiger partial charge in [0.1, 0.15) is 0 Å². The molecule has 1 atom stereocenters. The molecule has 0 radical (unpaired) electrons. The van der Waals surface area contributed by atoms with E-state index < -0.39 is 5.97 Å². The molecule has 0 fully saturated rings. The van der Waals surface area contributed by atoms with Gasteiger partial charge < -0.3 is 16.2 Å². The van der Waals surface area contributed by atoms with Gasteiger partial charge in [0, 0.05) is 11.6 Å². The fourth-order valence-corrected chi connectivity index (χ4v) is 1.79. The lowest BCUT2D eigenvalue weighted by molar-refractivity contribution is -0.119. The molecule has 0 aliphatic heterocycles. The van der Waals surface area contributed by atoms with Crippen molar-refractivity contribution in [2.24, 2.45) is 11.7 Å². The zero-order chi connectivity index (χ0) is 14.4. The molecular weight excluding hydrogens is 268 g/mol. The van der Waals surface area contributed by atoms with Crippen molar-refractivity contribution < 1.29 is 14.7 Å². The Morgan fingerprint density at radius 1 is 1.47 bits per heavy atom. The summed E-state index contributed by atoms with van der Waals surface area (Å²) in [5.74, 6) is -1.46. The van der Waals surface area contributed by atoms with Gasteiger partial charge >= 0.3 is 5.97 Å². The highest BCUT2D eigenvalue weighted by Gasteiger charge is 2.14. The second-order valence-electron chi connectivity index (χ2n) is 4.32. The maximum Gasteiger partial charge on any atom is 0.337 e. The second-order valence-corrected chi connectivity index (χ2v) is 4.73. The lowest BCUT2D eigenvalue weighted by Crippen LogP contribution is -2.21. The molecule has 0 saturated heterocycles. The molecule has 0 aliphatic rings. The van der Waals surface area contributed by atoms with Crippen LogP contribution in [0, 0.1) is 5.92 Å². The first-order chi connectivity index (χ1) is 8.95. The van der Waals surface area contributed by atoms with Crippen molar-refractivity contribution in [3.05, 3.63) is 28.8 Å². The number of carboxylic acids is 1. The van der Waals surface area contributed by atoms with Gasteiger partial charge in [0.2, 0.25) is 5.91 Å². The van der Waals surface area contributed by atoms with E-state index >= 15 is 0 Å². The minimum Gasteiger partial charge on any atom is -0.478 e. The molecule has 5 nitrogen and oxygen atoms in total. The zero-order valence-electron chi connectivity index (χ0n) is 10.6. The summed E-state index contributed by atoms with van der Waals surface area (Å²) >= 11 is 5.75. The van der Waals surface area contributed by atoms with Crippen LogP contribution in [0.5, 0.6) is 0 Å². The number of hydrogen-bond acceptors (Lipinski definition) is 3. The van der Waals surface area contributed by atoms with E-state index in [0.29, 0.717) is 18.7 Å². The van der Waals surface area contributed by atoms with Crippen LogP contribution in [-0.4, -0.2) is 23.5 Å². The SMILES string of the molecule is CC(CCCN)C(=O)Nc1ccc(Cl)c(C(=O)O)c1. The van der Waals surface area contributed by atoms with Crippen LogP contribution in [0.1, 0.15) is 30.1 Å². The van der Waals surface area contributed by atoms with Gasteiger partial charge in [-0.15, -0.1) is 0 Å². The maximum absolute atomic E-state index is 11.9. The van der Waals surface area contributed by atoms with Gasteiger partial charge in [-0.25, -0.2) is 4.79 Å². The zero-order valence-corrected chi connectivity index (χ0v) is 11.4. The lowest BCUT2D eigenvalue weighted by Gasteiger charge is -2.12. The number of halogens is 1. The first-order valence-corrected chi connectivity index (χ1v) is 6.37. The van der Waals surface area contributed by atoms with E-state index in [1.165, 1.54) is 12.1 Å². The Morgan fingerprint density at radius 3 is 2.74 bits per heavy atom. The van der Waals surface area contributed by atoms with Gasteiger partial charge in [0.05, 0.1) is 10.6 Å². The molecule has 1 aromatic rings. The van der Waals surface area contributed by atoms with Crippen LogP contribution >= 0.6 is 11.6 Å². The molecule has 0 aromatic heterocycles. The smallest absolute Gasteiger partial charge is 0.337 e. The van der Waals surface area contributed by atoms with Crippen LogP contribution in [0.15, 0.2) is 18.2 Å². The molecule has 4 N–H and O–H groups in total. The number of nitrogens with two attached hydrogens (primary N) is 1. The van der Waals surface area contributed by atoms with Gasteiger partial charge in [0.15, 0.2) is 0 Å². The topological polar surface area (TPSA) is 92.4 Å². The van der Waals surface area contributed by atoms with E-state index in [-0.39, 0.29) is 22.4 Å². The molecule has 6 heteroatoms. The van der Waals surface area contributed by atoms with Crippen molar-refractivity contribution in [3.63, 3.8) is 0 Å². The first-order valence-electron chi connectivity index (χ1n) is 5.99. The highest BCUT2D eigenvalue weighted by atomic mass is 35.5. The van der Waals surface area contributed by atoms with Gasteiger partial charge in [-0.2, -0.15) is 0 Å². The molecule has 104 valence electrons. The van der Waals surface area contributed by atoms with Gasteiger partial charge in [-0.3, -0.25) is 4.79 Å². The normalized spacial score (nSPS) is 11.9. The van der Waals surface area contributed by atoms with E-state index in [2.05, 4.69) is 5.32 Å². The van der Waals surface area contributed by atoms with Crippen LogP contribution < -0.4 is 11.1 Å². The molecule has 0 bridgehead atoms. The Morgan fingerprint density at radius 2 is 2.16 bits per heavy atom. The van der Waals surface area contributed by atoms with Gasteiger partial charge in [-0.1, -0.05) is 18.5 Å².